The number of aryl methyl sites for hydroxylation is 1. The summed E-state index contributed by atoms with van der Waals surface area (Å²) < 4.78 is 29.1. The van der Waals surface area contributed by atoms with E-state index in [0.717, 1.165) is 12.8 Å². The highest BCUT2D eigenvalue weighted by Gasteiger charge is 2.34. The first-order valence-electron chi connectivity index (χ1n) is 6.25. The van der Waals surface area contributed by atoms with Crippen LogP contribution in [0.1, 0.15) is 23.3 Å². The smallest absolute Gasteiger partial charge is 0.270 e. The maximum atomic E-state index is 12.5. The lowest BCUT2D eigenvalue weighted by Gasteiger charge is -2.22. The molecule has 112 valence electrons. The Bertz CT molecular complexity index is 607. The molecule has 6 nitrogen and oxygen atoms in total. The van der Waals surface area contributed by atoms with Gasteiger partial charge in [-0.15, -0.1) is 0 Å². The van der Waals surface area contributed by atoms with E-state index < -0.39 is 9.05 Å². The first kappa shape index (κ1) is 15.3. The number of aromatic nitrogens is 1. The van der Waals surface area contributed by atoms with Crippen molar-refractivity contribution in [1.82, 2.24) is 9.47 Å². The molecule has 1 aliphatic carbocycles. The zero-order valence-electron chi connectivity index (χ0n) is 11.4. The van der Waals surface area contributed by atoms with Gasteiger partial charge in [0, 0.05) is 43.6 Å². The molecule has 0 unspecified atom stereocenters. The fourth-order valence-electron chi connectivity index (χ4n) is 2.05. The van der Waals surface area contributed by atoms with Crippen LogP contribution in [0.4, 0.5) is 0 Å². The van der Waals surface area contributed by atoms with Crippen LogP contribution in [0.15, 0.2) is 17.2 Å². The van der Waals surface area contributed by atoms with Crippen molar-refractivity contribution in [3.05, 3.63) is 18.0 Å². The summed E-state index contributed by atoms with van der Waals surface area (Å²) in [5, 5.41) is 0. The third-order valence-electron chi connectivity index (χ3n) is 3.27. The molecule has 0 spiro atoms. The Morgan fingerprint density at radius 3 is 2.65 bits per heavy atom. The number of rotatable bonds is 6. The van der Waals surface area contributed by atoms with Crippen molar-refractivity contribution in [2.75, 3.05) is 20.3 Å². The summed E-state index contributed by atoms with van der Waals surface area (Å²) in [4.78, 5) is 14.2. The molecule has 1 aliphatic rings. The minimum Gasteiger partial charge on any atom is -0.383 e. The SMILES string of the molecule is COCCN(C(=O)c1cc(S(=O)(=O)Cl)cn1C)C1CC1. The summed E-state index contributed by atoms with van der Waals surface area (Å²) in [6.07, 6.45) is 3.29. The number of hydrogen-bond donors (Lipinski definition) is 0. The topological polar surface area (TPSA) is 68.6 Å². The number of methoxy groups -OCH3 is 1. The third kappa shape index (κ3) is 3.34. The molecule has 1 heterocycles. The fraction of sp³-hybridized carbons (Fsp3) is 0.583. The molecule has 0 radical (unpaired) electrons. The van der Waals surface area contributed by atoms with E-state index in [0.29, 0.717) is 18.8 Å². The van der Waals surface area contributed by atoms with Crippen LogP contribution in [-0.2, 0) is 20.8 Å². The van der Waals surface area contributed by atoms with E-state index in [2.05, 4.69) is 0 Å². The molecule has 20 heavy (non-hydrogen) atoms. The second kappa shape index (κ2) is 5.75. The van der Waals surface area contributed by atoms with Crippen LogP contribution >= 0.6 is 10.7 Å². The third-order valence-corrected chi connectivity index (χ3v) is 4.59. The predicted octanol–water partition coefficient (Wildman–Crippen LogP) is 1.20. The molecule has 1 aromatic heterocycles. The van der Waals surface area contributed by atoms with Crippen molar-refractivity contribution in [2.45, 2.75) is 23.8 Å². The summed E-state index contributed by atoms with van der Waals surface area (Å²) in [7, 11) is 4.68. The zero-order valence-corrected chi connectivity index (χ0v) is 12.9. The number of amides is 1. The maximum Gasteiger partial charge on any atom is 0.270 e. The highest BCUT2D eigenvalue weighted by atomic mass is 35.7. The minimum absolute atomic E-state index is 0.0625. The van der Waals surface area contributed by atoms with E-state index in [-0.39, 0.29) is 16.8 Å². The summed E-state index contributed by atoms with van der Waals surface area (Å²) in [6, 6.07) is 1.54. The molecule has 1 aromatic rings. The first-order chi connectivity index (χ1) is 9.34. The molecule has 8 heteroatoms. The predicted molar refractivity (Wildman–Crippen MR) is 74.4 cm³/mol. The van der Waals surface area contributed by atoms with Crippen molar-refractivity contribution in [3.8, 4) is 0 Å². The summed E-state index contributed by atoms with van der Waals surface area (Å²) in [6.45, 7) is 0.946. The van der Waals surface area contributed by atoms with Crippen molar-refractivity contribution >= 4 is 25.6 Å². The second-order valence-electron chi connectivity index (χ2n) is 4.83. The Balaban J connectivity index is 2.25. The van der Waals surface area contributed by atoms with Gasteiger partial charge in [0.25, 0.3) is 15.0 Å². The number of halogens is 1. The summed E-state index contributed by atoms with van der Waals surface area (Å²) in [5.74, 6) is -0.196. The molecule has 2 rings (SSSR count). The van der Waals surface area contributed by atoms with Crippen LogP contribution in [0.5, 0.6) is 0 Å². The summed E-state index contributed by atoms with van der Waals surface area (Å²) in [5.41, 5.74) is 0.312. The van der Waals surface area contributed by atoms with E-state index >= 15 is 0 Å². The monoisotopic (exact) mass is 320 g/mol. The van der Waals surface area contributed by atoms with E-state index in [1.807, 2.05) is 0 Å². The Morgan fingerprint density at radius 1 is 1.55 bits per heavy atom. The van der Waals surface area contributed by atoms with Gasteiger partial charge in [0.1, 0.15) is 10.6 Å². The van der Waals surface area contributed by atoms with Gasteiger partial charge >= 0.3 is 0 Å². The van der Waals surface area contributed by atoms with Crippen LogP contribution in [0.3, 0.4) is 0 Å². The lowest BCUT2D eigenvalue weighted by Crippen LogP contribution is -2.36. The van der Waals surface area contributed by atoms with Crippen molar-refractivity contribution in [2.24, 2.45) is 7.05 Å². The second-order valence-corrected chi connectivity index (χ2v) is 7.40. The Kier molecular flexibility index (Phi) is 4.41. The number of hydrogen-bond acceptors (Lipinski definition) is 4. The Hall–Kier alpha value is -1.05. The lowest BCUT2D eigenvalue weighted by molar-refractivity contribution is 0.0671. The van der Waals surface area contributed by atoms with Crippen LogP contribution in [0, 0.1) is 0 Å². The van der Waals surface area contributed by atoms with Gasteiger partial charge in [0.15, 0.2) is 0 Å². The van der Waals surface area contributed by atoms with Gasteiger partial charge in [-0.25, -0.2) is 8.42 Å². The van der Waals surface area contributed by atoms with E-state index in [1.165, 1.54) is 16.8 Å². The van der Waals surface area contributed by atoms with Crippen LogP contribution < -0.4 is 0 Å². The molecule has 0 atom stereocenters. The first-order valence-corrected chi connectivity index (χ1v) is 8.56. The molecule has 1 fully saturated rings. The molecule has 0 bridgehead atoms. The molecule has 0 saturated heterocycles. The number of carbonyl (C=O) groups excluding carboxylic acids is 1. The Labute approximate surface area is 122 Å². The number of ether oxygens (including phenoxy) is 1. The number of nitrogens with zero attached hydrogens (tertiary/aromatic N) is 2. The zero-order chi connectivity index (χ0) is 14.9. The minimum atomic E-state index is -3.83. The molecule has 0 aliphatic heterocycles. The van der Waals surface area contributed by atoms with Gasteiger partial charge in [0.05, 0.1) is 6.61 Å². The fourth-order valence-corrected chi connectivity index (χ4v) is 2.84. The standard InChI is InChI=1S/C12H17ClN2O4S/c1-14-8-10(20(13,17)18)7-11(14)12(16)15(5-6-19-2)9-3-4-9/h7-9H,3-6H2,1-2H3. The van der Waals surface area contributed by atoms with Crippen molar-refractivity contribution in [1.29, 1.82) is 0 Å². The molecule has 0 aromatic carbocycles. The van der Waals surface area contributed by atoms with Crippen molar-refractivity contribution in [3.63, 3.8) is 0 Å². The van der Waals surface area contributed by atoms with Gasteiger partial charge in [0.2, 0.25) is 0 Å². The van der Waals surface area contributed by atoms with Crippen molar-refractivity contribution < 1.29 is 17.9 Å². The van der Waals surface area contributed by atoms with E-state index in [1.54, 1.807) is 19.1 Å². The maximum absolute atomic E-state index is 12.5. The van der Waals surface area contributed by atoms with E-state index in [4.69, 9.17) is 15.4 Å². The van der Waals surface area contributed by atoms with Gasteiger partial charge in [-0.05, 0) is 18.9 Å². The van der Waals surface area contributed by atoms with Crippen LogP contribution in [-0.4, -0.2) is 50.1 Å². The van der Waals surface area contributed by atoms with Gasteiger partial charge in [-0.1, -0.05) is 0 Å². The number of carbonyl (C=O) groups is 1. The molecule has 1 saturated carbocycles. The Morgan fingerprint density at radius 2 is 2.20 bits per heavy atom. The molecule has 0 N–H and O–H groups in total. The molecule has 1 amide bonds. The highest BCUT2D eigenvalue weighted by Crippen LogP contribution is 2.29. The summed E-state index contributed by atoms with van der Waals surface area (Å²) >= 11 is 0. The quantitative estimate of drug-likeness (QED) is 0.739. The van der Waals surface area contributed by atoms with Gasteiger partial charge < -0.3 is 14.2 Å². The molecular weight excluding hydrogens is 304 g/mol. The molecular formula is C12H17ClN2O4S. The lowest BCUT2D eigenvalue weighted by atomic mass is 10.3. The van der Waals surface area contributed by atoms with Crippen LogP contribution in [0.2, 0.25) is 0 Å². The average Bonchev–Trinajstić information content (AvgIpc) is 3.10. The highest BCUT2D eigenvalue weighted by molar-refractivity contribution is 8.13. The average molecular weight is 321 g/mol. The van der Waals surface area contributed by atoms with E-state index in [9.17, 15) is 13.2 Å². The van der Waals surface area contributed by atoms with Crippen LogP contribution in [0.25, 0.3) is 0 Å². The largest absolute Gasteiger partial charge is 0.383 e. The normalized spacial score (nSPS) is 15.3. The van der Waals surface area contributed by atoms with Gasteiger partial charge in [-0.3, -0.25) is 4.79 Å². The van der Waals surface area contributed by atoms with Gasteiger partial charge in [-0.2, -0.15) is 0 Å².